The summed E-state index contributed by atoms with van der Waals surface area (Å²) in [4.78, 5) is 30.6. The first kappa shape index (κ1) is 19.2. The van der Waals surface area contributed by atoms with Gasteiger partial charge in [0.2, 0.25) is 5.91 Å². The van der Waals surface area contributed by atoms with Gasteiger partial charge in [-0.15, -0.1) is 11.3 Å². The first-order valence-corrected chi connectivity index (χ1v) is 10.4. The van der Waals surface area contributed by atoms with Crippen LogP contribution in [0.15, 0.2) is 15.6 Å². The predicted octanol–water partition coefficient (Wildman–Crippen LogP) is 2.31. The third-order valence-electron chi connectivity index (χ3n) is 4.22. The van der Waals surface area contributed by atoms with Gasteiger partial charge < -0.3 is 14.6 Å². The zero-order valence-corrected chi connectivity index (χ0v) is 16.9. The van der Waals surface area contributed by atoms with Crippen LogP contribution in [-0.4, -0.2) is 45.7 Å². The van der Waals surface area contributed by atoms with Crippen molar-refractivity contribution in [1.29, 1.82) is 0 Å². The van der Waals surface area contributed by atoms with E-state index in [0.717, 1.165) is 42.4 Å². The van der Waals surface area contributed by atoms with Crippen LogP contribution in [0, 0.1) is 6.92 Å². The molecule has 1 saturated heterocycles. The number of amides is 1. The van der Waals surface area contributed by atoms with Crippen LogP contribution in [0.3, 0.4) is 0 Å². The third-order valence-corrected chi connectivity index (χ3v) is 5.91. The number of aryl methyl sites for hydroxylation is 1. The zero-order valence-electron chi connectivity index (χ0n) is 15.2. The molecule has 2 aromatic heterocycles. The number of aromatic nitrogens is 2. The van der Waals surface area contributed by atoms with Crippen LogP contribution in [0.2, 0.25) is 0 Å². The number of nitrogens with one attached hydrogen (secondary N) is 1. The minimum absolute atomic E-state index is 0.0270. The monoisotopic (exact) mass is 396 g/mol. The molecule has 26 heavy (non-hydrogen) atoms. The highest BCUT2D eigenvalue weighted by Gasteiger charge is 2.22. The van der Waals surface area contributed by atoms with Crippen LogP contribution in [-0.2, 0) is 22.6 Å². The maximum absolute atomic E-state index is 12.1. The maximum Gasteiger partial charge on any atom is 0.307 e. The van der Waals surface area contributed by atoms with Gasteiger partial charge >= 0.3 is 4.87 Å². The molecule has 2 atom stereocenters. The van der Waals surface area contributed by atoms with Crippen LogP contribution in [0.4, 0.5) is 5.13 Å². The van der Waals surface area contributed by atoms with Crippen LogP contribution >= 0.6 is 22.7 Å². The molecule has 0 aromatic carbocycles. The van der Waals surface area contributed by atoms with Crippen molar-refractivity contribution in [3.63, 3.8) is 0 Å². The zero-order chi connectivity index (χ0) is 18.7. The lowest BCUT2D eigenvalue weighted by Crippen LogP contribution is -2.44. The minimum atomic E-state index is -0.128. The first-order valence-electron chi connectivity index (χ1n) is 8.67. The van der Waals surface area contributed by atoms with Crippen molar-refractivity contribution in [2.75, 3.05) is 18.4 Å². The van der Waals surface area contributed by atoms with E-state index in [4.69, 9.17) is 4.74 Å². The second-order valence-electron chi connectivity index (χ2n) is 6.69. The van der Waals surface area contributed by atoms with E-state index in [-0.39, 0.29) is 29.4 Å². The summed E-state index contributed by atoms with van der Waals surface area (Å²) in [5.41, 5.74) is 1.84. The lowest BCUT2D eigenvalue weighted by molar-refractivity contribution is -0.116. The Bertz CT molecular complexity index is 803. The van der Waals surface area contributed by atoms with E-state index in [1.165, 1.54) is 11.3 Å². The molecule has 2 unspecified atom stereocenters. The Morgan fingerprint density at radius 2 is 2.04 bits per heavy atom. The Balaban J connectivity index is 1.50. The van der Waals surface area contributed by atoms with Gasteiger partial charge in [-0.2, -0.15) is 0 Å². The Kier molecular flexibility index (Phi) is 6.23. The second kappa shape index (κ2) is 8.43. The first-order chi connectivity index (χ1) is 12.4. The summed E-state index contributed by atoms with van der Waals surface area (Å²) in [5.74, 6) is -0.128. The lowest BCUT2D eigenvalue weighted by atomic mass is 10.2. The fraction of sp³-hybridized carbons (Fsp3) is 0.588. The van der Waals surface area contributed by atoms with Crippen molar-refractivity contribution < 1.29 is 9.53 Å². The molecule has 2 aromatic rings. The summed E-state index contributed by atoms with van der Waals surface area (Å²) in [5, 5.41) is 7.22. The number of hydrogen-bond donors (Lipinski definition) is 1. The topological polar surface area (TPSA) is 76.5 Å². The summed E-state index contributed by atoms with van der Waals surface area (Å²) in [6, 6.07) is 0. The molecule has 1 amide bonds. The Morgan fingerprint density at radius 1 is 1.31 bits per heavy atom. The Morgan fingerprint density at radius 3 is 2.69 bits per heavy atom. The third kappa shape index (κ3) is 5.00. The number of thiazole rings is 2. The largest absolute Gasteiger partial charge is 0.373 e. The average molecular weight is 397 g/mol. The molecule has 1 aliphatic heterocycles. The fourth-order valence-electron chi connectivity index (χ4n) is 3.15. The molecule has 0 radical (unpaired) electrons. The van der Waals surface area contributed by atoms with Crippen molar-refractivity contribution in [3.8, 4) is 0 Å². The molecule has 9 heteroatoms. The minimum Gasteiger partial charge on any atom is -0.373 e. The van der Waals surface area contributed by atoms with Crippen LogP contribution < -0.4 is 10.2 Å². The van der Waals surface area contributed by atoms with Gasteiger partial charge in [0.1, 0.15) is 0 Å². The highest BCUT2D eigenvalue weighted by atomic mass is 32.1. The van der Waals surface area contributed by atoms with Gasteiger partial charge in [-0.05, 0) is 20.8 Å². The van der Waals surface area contributed by atoms with Crippen molar-refractivity contribution in [3.05, 3.63) is 31.8 Å². The van der Waals surface area contributed by atoms with E-state index in [2.05, 4.69) is 29.0 Å². The van der Waals surface area contributed by atoms with Crippen LogP contribution in [0.25, 0.3) is 0 Å². The summed E-state index contributed by atoms with van der Waals surface area (Å²) in [6.45, 7) is 8.95. The van der Waals surface area contributed by atoms with E-state index < -0.39 is 0 Å². The van der Waals surface area contributed by atoms with Crippen molar-refractivity contribution >= 4 is 33.7 Å². The highest BCUT2D eigenvalue weighted by Crippen LogP contribution is 2.19. The van der Waals surface area contributed by atoms with Crippen LogP contribution in [0.5, 0.6) is 0 Å². The van der Waals surface area contributed by atoms with Gasteiger partial charge in [0.05, 0.1) is 17.9 Å². The molecule has 3 rings (SSSR count). The summed E-state index contributed by atoms with van der Waals surface area (Å²) in [7, 11) is 0. The van der Waals surface area contributed by atoms with E-state index in [9.17, 15) is 9.59 Å². The maximum atomic E-state index is 12.1. The van der Waals surface area contributed by atoms with Crippen molar-refractivity contribution in [2.24, 2.45) is 0 Å². The van der Waals surface area contributed by atoms with Gasteiger partial charge in [0, 0.05) is 49.1 Å². The van der Waals surface area contributed by atoms with Crippen LogP contribution in [0.1, 0.15) is 31.7 Å². The number of ether oxygens (including phenoxy) is 1. The normalized spacial score (nSPS) is 21.0. The van der Waals surface area contributed by atoms with Gasteiger partial charge in [0.25, 0.3) is 0 Å². The summed E-state index contributed by atoms with van der Waals surface area (Å²) in [6.07, 6.45) is 0.700. The molecule has 0 aliphatic carbocycles. The van der Waals surface area contributed by atoms with E-state index in [1.54, 1.807) is 9.95 Å². The summed E-state index contributed by atoms with van der Waals surface area (Å²) >= 11 is 2.59. The smallest absolute Gasteiger partial charge is 0.307 e. The summed E-state index contributed by atoms with van der Waals surface area (Å²) < 4.78 is 7.37. The molecule has 1 N–H and O–H groups in total. The van der Waals surface area contributed by atoms with Gasteiger partial charge in [0.15, 0.2) is 5.13 Å². The number of nitrogens with zero attached hydrogens (tertiary/aromatic N) is 3. The molecule has 0 saturated carbocycles. The number of rotatable bonds is 6. The molecular weight excluding hydrogens is 372 g/mol. The Labute approximate surface area is 160 Å². The number of hydrogen-bond acceptors (Lipinski definition) is 7. The van der Waals surface area contributed by atoms with Gasteiger partial charge in [-0.1, -0.05) is 11.3 Å². The second-order valence-corrected chi connectivity index (χ2v) is 8.37. The van der Waals surface area contributed by atoms with E-state index in [0.29, 0.717) is 11.7 Å². The molecule has 142 valence electrons. The molecular formula is C17H24N4O3S2. The highest BCUT2D eigenvalue weighted by molar-refractivity contribution is 7.13. The quantitative estimate of drug-likeness (QED) is 0.811. The number of carbonyl (C=O) groups is 1. The van der Waals surface area contributed by atoms with Crippen molar-refractivity contribution in [1.82, 2.24) is 14.5 Å². The molecule has 1 fully saturated rings. The standard InChI is InChI=1S/C17H24N4O3S2/c1-11-9-26-17(23)21(11)5-4-15(22)19-16-18-14(10-25-16)8-20-6-12(2)24-13(3)7-20/h9-10,12-13H,4-8H2,1-3H3,(H,18,19,22). The average Bonchev–Trinajstić information content (AvgIpc) is 3.11. The molecule has 0 spiro atoms. The van der Waals surface area contributed by atoms with E-state index >= 15 is 0 Å². The number of carbonyl (C=O) groups excluding carboxylic acids is 1. The number of anilines is 1. The number of morpholine rings is 1. The molecule has 3 heterocycles. The SMILES string of the molecule is Cc1csc(=O)n1CCC(=O)Nc1nc(CN2CC(C)OC(C)C2)cs1. The van der Waals surface area contributed by atoms with Gasteiger partial charge in [-0.25, -0.2) is 4.98 Å². The van der Waals surface area contributed by atoms with E-state index in [1.807, 2.05) is 12.3 Å². The molecule has 7 nitrogen and oxygen atoms in total. The Hall–Kier alpha value is -1.55. The fourth-order valence-corrected chi connectivity index (χ4v) is 4.63. The molecule has 0 bridgehead atoms. The molecule has 1 aliphatic rings. The van der Waals surface area contributed by atoms with Crippen molar-refractivity contribution in [2.45, 2.75) is 52.5 Å². The van der Waals surface area contributed by atoms with Gasteiger partial charge in [-0.3, -0.25) is 14.5 Å². The predicted molar refractivity (Wildman–Crippen MR) is 104 cm³/mol. The lowest BCUT2D eigenvalue weighted by Gasteiger charge is -2.34.